The van der Waals surface area contributed by atoms with E-state index in [1.807, 2.05) is 45.0 Å². The number of nitrogens with zero attached hydrogens (tertiary/aromatic N) is 1. The van der Waals surface area contributed by atoms with Crippen LogP contribution < -0.4 is 10.1 Å². The van der Waals surface area contributed by atoms with Crippen molar-refractivity contribution >= 4 is 5.69 Å². The molecule has 1 heterocycles. The molecule has 96 valence electrons. The number of aromatic amines is 1. The normalized spacial score (nSPS) is 10.4. The molecule has 18 heavy (non-hydrogen) atoms. The van der Waals surface area contributed by atoms with E-state index in [4.69, 9.17) is 4.74 Å². The van der Waals surface area contributed by atoms with Gasteiger partial charge in [0.2, 0.25) is 0 Å². The molecule has 0 fully saturated rings. The van der Waals surface area contributed by atoms with E-state index in [0.29, 0.717) is 6.61 Å². The number of benzene rings is 1. The van der Waals surface area contributed by atoms with Gasteiger partial charge in [-0.2, -0.15) is 5.10 Å². The zero-order valence-electron chi connectivity index (χ0n) is 11.1. The number of hydrogen-bond acceptors (Lipinski definition) is 3. The third kappa shape index (κ3) is 2.83. The molecule has 0 radical (unpaired) electrons. The summed E-state index contributed by atoms with van der Waals surface area (Å²) in [7, 11) is 0. The molecule has 1 aromatic carbocycles. The van der Waals surface area contributed by atoms with Crippen molar-refractivity contribution in [2.24, 2.45) is 0 Å². The summed E-state index contributed by atoms with van der Waals surface area (Å²) in [5.74, 6) is 0.892. The number of anilines is 1. The van der Waals surface area contributed by atoms with Crippen LogP contribution in [0.1, 0.15) is 23.9 Å². The third-order valence-corrected chi connectivity index (χ3v) is 2.90. The quantitative estimate of drug-likeness (QED) is 0.851. The Hall–Kier alpha value is -1.97. The van der Waals surface area contributed by atoms with Crippen molar-refractivity contribution in [3.05, 3.63) is 41.2 Å². The number of rotatable bonds is 5. The number of aryl methyl sites for hydroxylation is 2. The summed E-state index contributed by atoms with van der Waals surface area (Å²) in [4.78, 5) is 0. The second-order valence-corrected chi connectivity index (χ2v) is 4.23. The van der Waals surface area contributed by atoms with Gasteiger partial charge >= 0.3 is 0 Å². The van der Waals surface area contributed by atoms with Crippen LogP contribution in [-0.2, 0) is 6.54 Å². The maximum Gasteiger partial charge on any atom is 0.121 e. The van der Waals surface area contributed by atoms with E-state index in [2.05, 4.69) is 15.5 Å². The predicted octanol–water partition coefficient (Wildman–Crippen LogP) is 3.04. The van der Waals surface area contributed by atoms with Gasteiger partial charge in [-0.15, -0.1) is 0 Å². The zero-order valence-corrected chi connectivity index (χ0v) is 11.1. The summed E-state index contributed by atoms with van der Waals surface area (Å²) in [6.07, 6.45) is 0. The standard InChI is InChI=1S/C14H19N3O/c1-4-18-13-7-5-6-12(8-13)15-9-14-10(2)16-17-11(14)3/h5-8,15H,4,9H2,1-3H3,(H,16,17). The van der Waals surface area contributed by atoms with Gasteiger partial charge in [-0.1, -0.05) is 6.07 Å². The molecule has 1 aromatic heterocycles. The van der Waals surface area contributed by atoms with Crippen LogP contribution in [0.3, 0.4) is 0 Å². The molecular weight excluding hydrogens is 226 g/mol. The largest absolute Gasteiger partial charge is 0.494 e. The van der Waals surface area contributed by atoms with Gasteiger partial charge in [-0.25, -0.2) is 0 Å². The SMILES string of the molecule is CCOc1cccc(NCc2c(C)n[nH]c2C)c1. The van der Waals surface area contributed by atoms with E-state index in [0.717, 1.165) is 29.4 Å². The van der Waals surface area contributed by atoms with E-state index >= 15 is 0 Å². The summed E-state index contributed by atoms with van der Waals surface area (Å²) in [6, 6.07) is 7.99. The fourth-order valence-electron chi connectivity index (χ4n) is 1.89. The first-order valence-electron chi connectivity index (χ1n) is 6.18. The number of ether oxygens (including phenoxy) is 1. The minimum Gasteiger partial charge on any atom is -0.494 e. The lowest BCUT2D eigenvalue weighted by Gasteiger charge is -2.09. The van der Waals surface area contributed by atoms with Crippen molar-refractivity contribution in [1.82, 2.24) is 10.2 Å². The molecule has 0 amide bonds. The monoisotopic (exact) mass is 245 g/mol. The van der Waals surface area contributed by atoms with Gasteiger partial charge in [0.1, 0.15) is 5.75 Å². The summed E-state index contributed by atoms with van der Waals surface area (Å²) in [5.41, 5.74) is 4.43. The van der Waals surface area contributed by atoms with Gasteiger partial charge in [-0.3, -0.25) is 5.10 Å². The Morgan fingerprint density at radius 3 is 2.83 bits per heavy atom. The Kier molecular flexibility index (Phi) is 3.87. The van der Waals surface area contributed by atoms with Crippen LogP contribution in [0.15, 0.2) is 24.3 Å². The van der Waals surface area contributed by atoms with Crippen LogP contribution in [0, 0.1) is 13.8 Å². The summed E-state index contributed by atoms with van der Waals surface area (Å²) in [5, 5.41) is 10.6. The first kappa shape index (κ1) is 12.5. The predicted molar refractivity (Wildman–Crippen MR) is 73.0 cm³/mol. The van der Waals surface area contributed by atoms with Crippen molar-refractivity contribution in [3.63, 3.8) is 0 Å². The molecule has 2 rings (SSSR count). The minimum absolute atomic E-state index is 0.684. The molecule has 0 aliphatic rings. The average Bonchev–Trinajstić information content (AvgIpc) is 2.68. The fourth-order valence-corrected chi connectivity index (χ4v) is 1.89. The first-order valence-corrected chi connectivity index (χ1v) is 6.18. The van der Waals surface area contributed by atoms with Crippen LogP contribution in [-0.4, -0.2) is 16.8 Å². The Morgan fingerprint density at radius 2 is 2.17 bits per heavy atom. The molecule has 0 atom stereocenters. The first-order chi connectivity index (χ1) is 8.70. The highest BCUT2D eigenvalue weighted by molar-refractivity contribution is 5.48. The van der Waals surface area contributed by atoms with E-state index in [1.165, 1.54) is 5.56 Å². The van der Waals surface area contributed by atoms with E-state index in [1.54, 1.807) is 0 Å². The Morgan fingerprint density at radius 1 is 1.33 bits per heavy atom. The van der Waals surface area contributed by atoms with Crippen molar-refractivity contribution in [3.8, 4) is 5.75 Å². The Bertz CT molecular complexity index is 500. The molecule has 0 saturated carbocycles. The topological polar surface area (TPSA) is 49.9 Å². The van der Waals surface area contributed by atoms with Crippen LogP contribution in [0.25, 0.3) is 0 Å². The summed E-state index contributed by atoms with van der Waals surface area (Å²) >= 11 is 0. The second kappa shape index (κ2) is 5.58. The van der Waals surface area contributed by atoms with Gasteiger partial charge in [0.15, 0.2) is 0 Å². The smallest absolute Gasteiger partial charge is 0.121 e. The van der Waals surface area contributed by atoms with Crippen LogP contribution in [0.4, 0.5) is 5.69 Å². The van der Waals surface area contributed by atoms with E-state index in [-0.39, 0.29) is 0 Å². The van der Waals surface area contributed by atoms with E-state index < -0.39 is 0 Å². The van der Waals surface area contributed by atoms with Crippen LogP contribution >= 0.6 is 0 Å². The average molecular weight is 245 g/mol. The van der Waals surface area contributed by atoms with Gasteiger partial charge in [0.05, 0.1) is 12.3 Å². The highest BCUT2D eigenvalue weighted by Crippen LogP contribution is 2.19. The Labute approximate surface area is 107 Å². The molecule has 0 bridgehead atoms. The molecule has 0 unspecified atom stereocenters. The maximum absolute atomic E-state index is 5.47. The summed E-state index contributed by atoms with van der Waals surface area (Å²) < 4.78 is 5.47. The molecule has 4 nitrogen and oxygen atoms in total. The van der Waals surface area contributed by atoms with Gasteiger partial charge < -0.3 is 10.1 Å². The molecule has 4 heteroatoms. The lowest BCUT2D eigenvalue weighted by Crippen LogP contribution is -2.02. The van der Waals surface area contributed by atoms with E-state index in [9.17, 15) is 0 Å². The third-order valence-electron chi connectivity index (χ3n) is 2.90. The van der Waals surface area contributed by atoms with Crippen molar-refractivity contribution in [2.75, 3.05) is 11.9 Å². The number of H-pyrrole nitrogens is 1. The molecule has 0 spiro atoms. The molecular formula is C14H19N3O. The fraction of sp³-hybridized carbons (Fsp3) is 0.357. The molecule has 0 saturated heterocycles. The number of aromatic nitrogens is 2. The Balaban J connectivity index is 2.04. The number of nitrogens with one attached hydrogen (secondary N) is 2. The molecule has 2 aromatic rings. The van der Waals surface area contributed by atoms with Gasteiger partial charge in [0.25, 0.3) is 0 Å². The van der Waals surface area contributed by atoms with Crippen molar-refractivity contribution in [1.29, 1.82) is 0 Å². The minimum atomic E-state index is 0.684. The molecule has 0 aliphatic heterocycles. The van der Waals surface area contributed by atoms with Crippen LogP contribution in [0.5, 0.6) is 5.75 Å². The van der Waals surface area contributed by atoms with Crippen molar-refractivity contribution in [2.45, 2.75) is 27.3 Å². The zero-order chi connectivity index (χ0) is 13.0. The number of hydrogen-bond donors (Lipinski definition) is 2. The van der Waals surface area contributed by atoms with Gasteiger partial charge in [0, 0.05) is 29.6 Å². The summed E-state index contributed by atoms with van der Waals surface area (Å²) in [6.45, 7) is 7.48. The molecule has 0 aliphatic carbocycles. The molecule has 2 N–H and O–H groups in total. The van der Waals surface area contributed by atoms with Crippen LogP contribution in [0.2, 0.25) is 0 Å². The lowest BCUT2D eigenvalue weighted by atomic mass is 10.2. The lowest BCUT2D eigenvalue weighted by molar-refractivity contribution is 0.340. The maximum atomic E-state index is 5.47. The van der Waals surface area contributed by atoms with Crippen molar-refractivity contribution < 1.29 is 4.74 Å². The highest BCUT2D eigenvalue weighted by atomic mass is 16.5. The highest BCUT2D eigenvalue weighted by Gasteiger charge is 2.05. The second-order valence-electron chi connectivity index (χ2n) is 4.23. The van der Waals surface area contributed by atoms with Gasteiger partial charge in [-0.05, 0) is 32.9 Å².